The maximum absolute atomic E-state index is 12.6. The first-order valence-corrected chi connectivity index (χ1v) is 14.4. The number of methoxy groups -OCH3 is 1. The van der Waals surface area contributed by atoms with E-state index < -0.39 is 0 Å². The minimum Gasteiger partial charge on any atom is -0.494 e. The molecule has 0 N–H and O–H groups in total. The van der Waals surface area contributed by atoms with Crippen LogP contribution in [-0.2, 0) is 16.0 Å². The molecule has 0 saturated carbocycles. The fourth-order valence-corrected chi connectivity index (χ4v) is 6.37. The highest BCUT2D eigenvalue weighted by molar-refractivity contribution is 7.29. The van der Waals surface area contributed by atoms with E-state index in [2.05, 4.69) is 46.1 Å². The minimum atomic E-state index is -0.389. The summed E-state index contributed by atoms with van der Waals surface area (Å²) < 4.78 is 11.8. The number of ether oxygens (including phenoxy) is 2. The van der Waals surface area contributed by atoms with Crippen LogP contribution in [0, 0.1) is 0 Å². The lowest BCUT2D eigenvalue weighted by Gasteiger charge is -2.16. The monoisotopic (exact) mass is 546 g/mol. The van der Waals surface area contributed by atoms with E-state index in [1.165, 1.54) is 41.0 Å². The smallest absolute Gasteiger partial charge is 0.338 e. The molecule has 9 heteroatoms. The number of likely N-dealkylation sites (N-methyl/N-ethyl adjacent to an activating group) is 1. The van der Waals surface area contributed by atoms with Gasteiger partial charge < -0.3 is 14.4 Å². The summed E-state index contributed by atoms with van der Waals surface area (Å²) in [6.07, 6.45) is 4.98. The average Bonchev–Trinajstić information content (AvgIpc) is 3.63. The first-order chi connectivity index (χ1) is 18.6. The van der Waals surface area contributed by atoms with Crippen molar-refractivity contribution in [1.29, 1.82) is 0 Å². The molecule has 0 unspecified atom stereocenters. The van der Waals surface area contributed by atoms with Crippen molar-refractivity contribution in [2.45, 2.75) is 33.1 Å². The third kappa shape index (κ3) is 5.79. The summed E-state index contributed by atoms with van der Waals surface area (Å²) in [6.45, 7) is 7.06. The zero-order valence-corrected chi connectivity index (χ0v) is 23.4. The van der Waals surface area contributed by atoms with Crippen molar-refractivity contribution in [2.75, 3.05) is 31.7 Å². The number of carbonyl (C=O) groups excluding carboxylic acids is 1. The molecule has 0 saturated heterocycles. The van der Waals surface area contributed by atoms with Crippen LogP contribution in [0.3, 0.4) is 0 Å². The standard InChI is InChI=1S/C29H30N4O3S2/c1-4-6-15-36-22-10-7-19(8-11-22)24(28(34)35-3)17-23-18-26-27(37-23)30-29(38-26)32-31-21-9-12-25-20(16-21)13-14-33(25)5-2/h7-12,16-18H,4-6,13-15H2,1-3H3/b24-17-,32-31+. The molecule has 4 aromatic rings. The number of rotatable bonds is 10. The van der Waals surface area contributed by atoms with Crippen molar-refractivity contribution in [3.8, 4) is 5.75 Å². The van der Waals surface area contributed by atoms with E-state index >= 15 is 0 Å². The lowest BCUT2D eigenvalue weighted by Crippen LogP contribution is -2.18. The summed E-state index contributed by atoms with van der Waals surface area (Å²) in [7, 11) is 1.39. The molecule has 2 aromatic carbocycles. The third-order valence-electron chi connectivity index (χ3n) is 6.41. The van der Waals surface area contributed by atoms with Gasteiger partial charge in [-0.05, 0) is 73.4 Å². The number of hydrogen-bond donors (Lipinski definition) is 0. The lowest BCUT2D eigenvalue weighted by molar-refractivity contribution is -0.133. The Kier molecular flexibility index (Phi) is 8.14. The summed E-state index contributed by atoms with van der Waals surface area (Å²) in [6, 6.07) is 15.8. The van der Waals surface area contributed by atoms with Crippen molar-refractivity contribution >= 4 is 66.3 Å². The molecule has 7 nitrogen and oxygen atoms in total. The Morgan fingerprint density at radius 2 is 1.95 bits per heavy atom. The summed E-state index contributed by atoms with van der Waals surface area (Å²) >= 11 is 2.99. The molecule has 2 aromatic heterocycles. The molecule has 3 heterocycles. The van der Waals surface area contributed by atoms with Crippen LogP contribution >= 0.6 is 22.7 Å². The zero-order valence-electron chi connectivity index (χ0n) is 21.8. The van der Waals surface area contributed by atoms with E-state index in [0.29, 0.717) is 17.3 Å². The number of esters is 1. The number of thiophene rings is 1. The van der Waals surface area contributed by atoms with E-state index in [-0.39, 0.29) is 5.97 Å². The van der Waals surface area contributed by atoms with Gasteiger partial charge in [0, 0.05) is 23.7 Å². The molecular formula is C29H30N4O3S2. The molecule has 0 atom stereocenters. The quantitative estimate of drug-likeness (QED) is 0.0870. The van der Waals surface area contributed by atoms with Gasteiger partial charge in [-0.25, -0.2) is 9.78 Å². The molecule has 1 aliphatic heterocycles. The van der Waals surface area contributed by atoms with Crippen LogP contribution in [0.2, 0.25) is 0 Å². The van der Waals surface area contributed by atoms with E-state index in [1.54, 1.807) is 0 Å². The number of carbonyl (C=O) groups is 1. The summed E-state index contributed by atoms with van der Waals surface area (Å²) in [5, 5.41) is 9.43. The van der Waals surface area contributed by atoms with E-state index in [9.17, 15) is 4.79 Å². The van der Waals surface area contributed by atoms with Gasteiger partial charge in [-0.15, -0.1) is 21.6 Å². The number of unbranched alkanes of at least 4 members (excludes halogenated alkanes) is 1. The molecule has 0 fully saturated rings. The van der Waals surface area contributed by atoms with Gasteiger partial charge in [-0.1, -0.05) is 36.8 Å². The van der Waals surface area contributed by atoms with Gasteiger partial charge in [0.15, 0.2) is 0 Å². The Morgan fingerprint density at radius 1 is 1.11 bits per heavy atom. The number of anilines is 1. The molecular weight excluding hydrogens is 516 g/mol. The van der Waals surface area contributed by atoms with Crippen LogP contribution in [0.4, 0.5) is 16.5 Å². The van der Waals surface area contributed by atoms with E-state index in [1.807, 2.05) is 42.5 Å². The first-order valence-electron chi connectivity index (χ1n) is 12.8. The van der Waals surface area contributed by atoms with Crippen molar-refractivity contribution < 1.29 is 14.3 Å². The van der Waals surface area contributed by atoms with Crippen molar-refractivity contribution in [3.63, 3.8) is 0 Å². The van der Waals surface area contributed by atoms with Crippen LogP contribution in [0.1, 0.15) is 42.7 Å². The third-order valence-corrected chi connectivity index (χ3v) is 8.40. The fourth-order valence-electron chi connectivity index (χ4n) is 4.38. The topological polar surface area (TPSA) is 76.4 Å². The van der Waals surface area contributed by atoms with Crippen LogP contribution in [-0.4, -0.2) is 37.8 Å². The Morgan fingerprint density at radius 3 is 2.68 bits per heavy atom. The normalized spacial score (nSPS) is 13.4. The molecule has 196 valence electrons. The van der Waals surface area contributed by atoms with Gasteiger partial charge in [-0.2, -0.15) is 0 Å². The Bertz CT molecular complexity index is 1460. The molecule has 5 rings (SSSR count). The fraction of sp³-hybridized carbons (Fsp3) is 0.310. The average molecular weight is 547 g/mol. The SMILES string of the molecule is CCCCOc1ccc(/C(=C/c2cc3sc(/N=N/c4ccc5c(c4)CCN5CC)nc3s2)C(=O)OC)cc1. The predicted molar refractivity (Wildman–Crippen MR) is 156 cm³/mol. The zero-order chi connectivity index (χ0) is 26.5. The summed E-state index contributed by atoms with van der Waals surface area (Å²) in [5.41, 5.74) is 4.72. The first kappa shape index (κ1) is 26.1. The van der Waals surface area contributed by atoms with Crippen LogP contribution in [0.5, 0.6) is 5.75 Å². The van der Waals surface area contributed by atoms with E-state index in [4.69, 9.17) is 9.47 Å². The highest BCUT2D eigenvalue weighted by Crippen LogP contribution is 2.37. The molecule has 1 aliphatic rings. The second-order valence-corrected chi connectivity index (χ2v) is 11.0. The van der Waals surface area contributed by atoms with E-state index in [0.717, 1.165) is 63.8 Å². The Hall–Kier alpha value is -3.56. The maximum atomic E-state index is 12.6. The number of aromatic nitrogens is 1. The van der Waals surface area contributed by atoms with Crippen molar-refractivity contribution in [3.05, 3.63) is 64.5 Å². The maximum Gasteiger partial charge on any atom is 0.338 e. The Balaban J connectivity index is 1.32. The second kappa shape index (κ2) is 11.9. The molecule has 0 spiro atoms. The molecule has 0 aliphatic carbocycles. The number of hydrogen-bond acceptors (Lipinski definition) is 9. The molecule has 38 heavy (non-hydrogen) atoms. The number of fused-ring (bicyclic) bond motifs is 2. The van der Waals surface area contributed by atoms with Gasteiger partial charge in [-0.3, -0.25) is 0 Å². The highest BCUT2D eigenvalue weighted by atomic mass is 32.1. The van der Waals surface area contributed by atoms with Crippen molar-refractivity contribution in [1.82, 2.24) is 4.98 Å². The molecule has 0 bridgehead atoms. The lowest BCUT2D eigenvalue weighted by atomic mass is 10.1. The van der Waals surface area contributed by atoms with Crippen LogP contribution in [0.25, 0.3) is 21.2 Å². The van der Waals surface area contributed by atoms with Gasteiger partial charge in [0.1, 0.15) is 10.6 Å². The number of benzene rings is 2. The number of nitrogens with zero attached hydrogens (tertiary/aromatic N) is 4. The molecule has 0 radical (unpaired) electrons. The highest BCUT2D eigenvalue weighted by Gasteiger charge is 2.18. The minimum absolute atomic E-state index is 0.389. The molecule has 0 amide bonds. The van der Waals surface area contributed by atoms with Gasteiger partial charge in [0.25, 0.3) is 0 Å². The summed E-state index contributed by atoms with van der Waals surface area (Å²) in [4.78, 5) is 21.4. The number of azo groups is 1. The second-order valence-electron chi connectivity index (χ2n) is 8.93. The largest absolute Gasteiger partial charge is 0.494 e. The predicted octanol–water partition coefficient (Wildman–Crippen LogP) is 8.05. The van der Waals surface area contributed by atoms with Crippen molar-refractivity contribution in [2.24, 2.45) is 10.2 Å². The van der Waals surface area contributed by atoms with Gasteiger partial charge in [0.05, 0.1) is 29.7 Å². The number of thiazole rings is 1. The Labute approximate surface area is 230 Å². The van der Waals surface area contributed by atoms with Gasteiger partial charge >= 0.3 is 5.97 Å². The van der Waals surface area contributed by atoms with Crippen LogP contribution < -0.4 is 9.64 Å². The summed E-state index contributed by atoms with van der Waals surface area (Å²) in [5.74, 6) is 0.400. The van der Waals surface area contributed by atoms with Gasteiger partial charge in [0.2, 0.25) is 5.13 Å². The van der Waals surface area contributed by atoms with Crippen LogP contribution in [0.15, 0.2) is 58.8 Å².